The van der Waals surface area contributed by atoms with Gasteiger partial charge in [-0.05, 0) is 15.9 Å². The molecule has 0 spiro atoms. The Kier molecular flexibility index (Phi) is 4.99. The molecule has 0 heterocycles. The minimum absolute atomic E-state index is 0.0875. The molecule has 15 heavy (non-hydrogen) atoms. The van der Waals surface area contributed by atoms with Gasteiger partial charge in [-0.2, -0.15) is 0 Å². The number of methoxy groups -OCH3 is 2. The first-order valence-corrected chi connectivity index (χ1v) is 5.50. The molecular formula is C9H9BrCl2O3. The van der Waals surface area contributed by atoms with Crippen molar-refractivity contribution < 1.29 is 14.2 Å². The first kappa shape index (κ1) is 12.9. The smallest absolute Gasteiger partial charge is 0.188 e. The van der Waals surface area contributed by atoms with Crippen LogP contribution >= 0.6 is 39.1 Å². The number of hydrogen-bond donors (Lipinski definition) is 0. The summed E-state index contributed by atoms with van der Waals surface area (Å²) in [5.41, 5.74) is 0. The summed E-state index contributed by atoms with van der Waals surface area (Å²) >= 11 is 15.2. The van der Waals surface area contributed by atoms with Crippen LogP contribution < -0.4 is 9.47 Å². The highest BCUT2D eigenvalue weighted by atomic mass is 79.9. The maximum absolute atomic E-state index is 6.03. The summed E-state index contributed by atoms with van der Waals surface area (Å²) in [6, 6.07) is 1.61. The zero-order valence-electron chi connectivity index (χ0n) is 8.14. The van der Waals surface area contributed by atoms with Crippen LogP contribution in [0.4, 0.5) is 0 Å². The molecule has 0 aliphatic carbocycles. The monoisotopic (exact) mass is 314 g/mol. The zero-order valence-corrected chi connectivity index (χ0v) is 11.2. The van der Waals surface area contributed by atoms with Crippen molar-refractivity contribution >= 4 is 39.1 Å². The summed E-state index contributed by atoms with van der Waals surface area (Å²) in [4.78, 5) is 0. The molecule has 3 nitrogen and oxygen atoms in total. The van der Waals surface area contributed by atoms with Gasteiger partial charge in [0.15, 0.2) is 18.3 Å². The quantitative estimate of drug-likeness (QED) is 0.625. The van der Waals surface area contributed by atoms with Gasteiger partial charge < -0.3 is 14.2 Å². The predicted molar refractivity (Wildman–Crippen MR) is 63.2 cm³/mol. The Balaban J connectivity index is 3.15. The standard InChI is InChI=1S/C9H9BrCl2O3/c1-13-4-15-9-6(14-2)3-5(11)7(10)8(9)12/h3H,4H2,1-2H3. The van der Waals surface area contributed by atoms with Crippen LogP contribution in [0.25, 0.3) is 0 Å². The molecule has 6 heteroatoms. The Morgan fingerprint density at radius 3 is 2.53 bits per heavy atom. The predicted octanol–water partition coefficient (Wildman–Crippen LogP) is 3.75. The fourth-order valence-electron chi connectivity index (χ4n) is 0.961. The molecule has 1 aromatic carbocycles. The van der Waals surface area contributed by atoms with E-state index in [-0.39, 0.29) is 6.79 Å². The van der Waals surface area contributed by atoms with Crippen molar-refractivity contribution in [3.05, 3.63) is 20.6 Å². The Labute approximate surface area is 106 Å². The van der Waals surface area contributed by atoms with E-state index in [1.54, 1.807) is 6.07 Å². The Hall–Kier alpha value is -0.160. The molecule has 0 aromatic heterocycles. The van der Waals surface area contributed by atoms with Crippen molar-refractivity contribution in [2.75, 3.05) is 21.0 Å². The van der Waals surface area contributed by atoms with Crippen LogP contribution in [0.5, 0.6) is 11.5 Å². The molecule has 0 saturated carbocycles. The normalized spacial score (nSPS) is 10.2. The van der Waals surface area contributed by atoms with Crippen LogP contribution in [0, 0.1) is 0 Å². The first-order valence-electron chi connectivity index (χ1n) is 3.95. The topological polar surface area (TPSA) is 27.7 Å². The maximum atomic E-state index is 6.03. The van der Waals surface area contributed by atoms with Gasteiger partial charge >= 0.3 is 0 Å². The molecule has 0 aliphatic heterocycles. The highest BCUT2D eigenvalue weighted by Crippen LogP contribution is 2.44. The van der Waals surface area contributed by atoms with Crippen LogP contribution in [0.15, 0.2) is 10.5 Å². The van der Waals surface area contributed by atoms with E-state index >= 15 is 0 Å². The molecule has 0 radical (unpaired) electrons. The van der Waals surface area contributed by atoms with Crippen molar-refractivity contribution in [3.63, 3.8) is 0 Å². The molecule has 0 saturated heterocycles. The Bertz CT molecular complexity index is 358. The van der Waals surface area contributed by atoms with E-state index in [1.807, 2.05) is 0 Å². The summed E-state index contributed by atoms with van der Waals surface area (Å²) in [6.45, 7) is 0.0875. The average molecular weight is 316 g/mol. The lowest BCUT2D eigenvalue weighted by Crippen LogP contribution is -2.01. The Morgan fingerprint density at radius 1 is 1.33 bits per heavy atom. The van der Waals surface area contributed by atoms with Gasteiger partial charge in [0, 0.05) is 13.2 Å². The number of ether oxygens (including phenoxy) is 3. The lowest BCUT2D eigenvalue weighted by atomic mass is 10.3. The number of halogens is 3. The minimum atomic E-state index is 0.0875. The van der Waals surface area contributed by atoms with Gasteiger partial charge in [0.2, 0.25) is 0 Å². The van der Waals surface area contributed by atoms with E-state index in [9.17, 15) is 0 Å². The van der Waals surface area contributed by atoms with Gasteiger partial charge in [0.25, 0.3) is 0 Å². The third kappa shape index (κ3) is 2.91. The fraction of sp³-hybridized carbons (Fsp3) is 0.333. The molecule has 1 rings (SSSR count). The van der Waals surface area contributed by atoms with E-state index < -0.39 is 0 Å². The SMILES string of the molecule is COCOc1c(OC)cc(Cl)c(Br)c1Cl. The summed E-state index contributed by atoms with van der Waals surface area (Å²) in [5, 5.41) is 0.818. The lowest BCUT2D eigenvalue weighted by Gasteiger charge is -2.13. The van der Waals surface area contributed by atoms with E-state index in [0.717, 1.165) is 0 Å². The van der Waals surface area contributed by atoms with Gasteiger partial charge in [0.05, 0.1) is 16.6 Å². The second kappa shape index (κ2) is 5.80. The largest absolute Gasteiger partial charge is 0.493 e. The lowest BCUT2D eigenvalue weighted by molar-refractivity contribution is 0.0492. The third-order valence-corrected chi connectivity index (χ3v) is 3.56. The summed E-state index contributed by atoms with van der Waals surface area (Å²) in [7, 11) is 3.03. The maximum Gasteiger partial charge on any atom is 0.188 e. The fourth-order valence-corrected chi connectivity index (χ4v) is 1.75. The second-order valence-electron chi connectivity index (χ2n) is 2.57. The minimum Gasteiger partial charge on any atom is -0.493 e. The molecular weight excluding hydrogens is 307 g/mol. The first-order chi connectivity index (χ1) is 7.11. The van der Waals surface area contributed by atoms with Crippen molar-refractivity contribution in [2.24, 2.45) is 0 Å². The van der Waals surface area contributed by atoms with Crippen LogP contribution in [0.3, 0.4) is 0 Å². The van der Waals surface area contributed by atoms with Gasteiger partial charge in [-0.3, -0.25) is 0 Å². The number of benzene rings is 1. The molecule has 1 aromatic rings. The van der Waals surface area contributed by atoms with E-state index in [4.69, 9.17) is 37.4 Å². The zero-order chi connectivity index (χ0) is 11.4. The van der Waals surface area contributed by atoms with E-state index in [0.29, 0.717) is 26.0 Å². The van der Waals surface area contributed by atoms with Gasteiger partial charge in [0.1, 0.15) is 5.02 Å². The highest BCUT2D eigenvalue weighted by molar-refractivity contribution is 9.10. The van der Waals surface area contributed by atoms with Crippen LogP contribution in [-0.4, -0.2) is 21.0 Å². The van der Waals surface area contributed by atoms with Crippen LogP contribution in [0.1, 0.15) is 0 Å². The van der Waals surface area contributed by atoms with E-state index in [2.05, 4.69) is 15.9 Å². The summed E-state index contributed by atoms with van der Waals surface area (Å²) in [5.74, 6) is 0.863. The van der Waals surface area contributed by atoms with Crippen LogP contribution in [-0.2, 0) is 4.74 Å². The van der Waals surface area contributed by atoms with Crippen LogP contribution in [0.2, 0.25) is 10.0 Å². The summed E-state index contributed by atoms with van der Waals surface area (Å²) in [6.07, 6.45) is 0. The van der Waals surface area contributed by atoms with Crippen molar-refractivity contribution in [1.29, 1.82) is 0 Å². The molecule has 0 bridgehead atoms. The Morgan fingerprint density at radius 2 is 2.00 bits per heavy atom. The van der Waals surface area contributed by atoms with Crippen molar-refractivity contribution in [3.8, 4) is 11.5 Å². The van der Waals surface area contributed by atoms with Gasteiger partial charge in [-0.25, -0.2) is 0 Å². The number of hydrogen-bond acceptors (Lipinski definition) is 3. The number of rotatable bonds is 4. The highest BCUT2D eigenvalue weighted by Gasteiger charge is 2.16. The molecule has 0 N–H and O–H groups in total. The van der Waals surface area contributed by atoms with E-state index in [1.165, 1.54) is 14.2 Å². The molecule has 84 valence electrons. The van der Waals surface area contributed by atoms with Gasteiger partial charge in [-0.15, -0.1) is 0 Å². The molecule has 0 fully saturated rings. The molecule has 0 unspecified atom stereocenters. The van der Waals surface area contributed by atoms with Crippen molar-refractivity contribution in [1.82, 2.24) is 0 Å². The molecule has 0 atom stereocenters. The molecule has 0 amide bonds. The average Bonchev–Trinajstić information content (AvgIpc) is 2.24. The second-order valence-corrected chi connectivity index (χ2v) is 4.15. The molecule has 0 aliphatic rings. The van der Waals surface area contributed by atoms with Gasteiger partial charge in [-0.1, -0.05) is 23.2 Å². The third-order valence-electron chi connectivity index (χ3n) is 1.62. The summed E-state index contributed by atoms with van der Waals surface area (Å²) < 4.78 is 15.7. The van der Waals surface area contributed by atoms with Crippen molar-refractivity contribution in [2.45, 2.75) is 0 Å².